The molecule has 16 heavy (non-hydrogen) atoms. The molecule has 1 aromatic carbocycles. The second-order valence-electron chi connectivity index (χ2n) is 3.54. The Morgan fingerprint density at radius 1 is 1.31 bits per heavy atom. The average molecular weight is 297 g/mol. The number of hydrogen-bond acceptors (Lipinski definition) is 3. The molecular weight excluding hydrogens is 284 g/mol. The fraction of sp³-hybridized carbons (Fsp3) is 0.250. The molecule has 2 aromatic rings. The highest BCUT2D eigenvalue weighted by atomic mass is 79.9. The molecule has 0 unspecified atom stereocenters. The molecule has 0 radical (unpaired) electrons. The lowest BCUT2D eigenvalue weighted by Crippen LogP contribution is -2.02. The molecule has 0 fully saturated rings. The third-order valence-electron chi connectivity index (χ3n) is 2.30. The van der Waals surface area contributed by atoms with Gasteiger partial charge in [-0.3, -0.25) is 0 Å². The van der Waals surface area contributed by atoms with Gasteiger partial charge in [0.1, 0.15) is 0 Å². The van der Waals surface area contributed by atoms with Crippen molar-refractivity contribution in [2.24, 2.45) is 5.73 Å². The van der Waals surface area contributed by atoms with Gasteiger partial charge in [0.25, 0.3) is 0 Å². The molecule has 2 rings (SSSR count). The SMILES string of the molecule is NCCc1csc(Cc2ccccc2Br)n1. The largest absolute Gasteiger partial charge is 0.330 e. The Morgan fingerprint density at radius 3 is 2.88 bits per heavy atom. The number of halogens is 1. The number of thiazole rings is 1. The molecule has 2 N–H and O–H groups in total. The highest BCUT2D eigenvalue weighted by Crippen LogP contribution is 2.21. The van der Waals surface area contributed by atoms with E-state index in [-0.39, 0.29) is 0 Å². The summed E-state index contributed by atoms with van der Waals surface area (Å²) >= 11 is 5.25. The molecule has 1 heterocycles. The number of hydrogen-bond donors (Lipinski definition) is 1. The van der Waals surface area contributed by atoms with Gasteiger partial charge in [-0.15, -0.1) is 11.3 Å². The predicted octanol–water partition coefficient (Wildman–Crippen LogP) is 3.00. The van der Waals surface area contributed by atoms with Crippen molar-refractivity contribution < 1.29 is 0 Å². The highest BCUT2D eigenvalue weighted by molar-refractivity contribution is 9.10. The van der Waals surface area contributed by atoms with Crippen LogP contribution in [0.15, 0.2) is 34.1 Å². The molecule has 0 amide bonds. The Hall–Kier alpha value is -0.710. The van der Waals surface area contributed by atoms with Crippen molar-refractivity contribution >= 4 is 27.3 Å². The first kappa shape index (κ1) is 11.8. The van der Waals surface area contributed by atoms with Crippen LogP contribution in [-0.2, 0) is 12.8 Å². The van der Waals surface area contributed by atoms with Crippen molar-refractivity contribution in [3.05, 3.63) is 50.4 Å². The van der Waals surface area contributed by atoms with E-state index >= 15 is 0 Å². The zero-order chi connectivity index (χ0) is 11.4. The second-order valence-corrected chi connectivity index (χ2v) is 5.34. The third-order valence-corrected chi connectivity index (χ3v) is 3.97. The van der Waals surface area contributed by atoms with E-state index in [1.807, 2.05) is 6.07 Å². The van der Waals surface area contributed by atoms with Crippen molar-refractivity contribution in [3.63, 3.8) is 0 Å². The summed E-state index contributed by atoms with van der Waals surface area (Å²) in [5, 5.41) is 3.24. The number of nitrogens with zero attached hydrogens (tertiary/aromatic N) is 1. The molecule has 0 aliphatic heterocycles. The number of rotatable bonds is 4. The minimum Gasteiger partial charge on any atom is -0.330 e. The van der Waals surface area contributed by atoms with Crippen molar-refractivity contribution in [2.75, 3.05) is 6.54 Å². The van der Waals surface area contributed by atoms with Crippen LogP contribution in [-0.4, -0.2) is 11.5 Å². The molecule has 0 bridgehead atoms. The molecule has 0 aliphatic carbocycles. The van der Waals surface area contributed by atoms with Crippen LogP contribution < -0.4 is 5.73 Å². The molecule has 0 saturated heterocycles. The van der Waals surface area contributed by atoms with Crippen LogP contribution in [0.25, 0.3) is 0 Å². The monoisotopic (exact) mass is 296 g/mol. The maximum atomic E-state index is 5.50. The van der Waals surface area contributed by atoms with Crippen molar-refractivity contribution in [3.8, 4) is 0 Å². The van der Waals surface area contributed by atoms with E-state index in [1.54, 1.807) is 11.3 Å². The summed E-state index contributed by atoms with van der Waals surface area (Å²) < 4.78 is 1.14. The van der Waals surface area contributed by atoms with Crippen LogP contribution in [0.2, 0.25) is 0 Å². The first-order chi connectivity index (χ1) is 7.79. The van der Waals surface area contributed by atoms with Crippen molar-refractivity contribution in [1.29, 1.82) is 0 Å². The molecular formula is C12H13BrN2S. The zero-order valence-corrected chi connectivity index (χ0v) is 11.2. The normalized spacial score (nSPS) is 10.6. The van der Waals surface area contributed by atoms with Crippen molar-refractivity contribution in [1.82, 2.24) is 4.98 Å². The van der Waals surface area contributed by atoms with Gasteiger partial charge < -0.3 is 5.73 Å². The van der Waals surface area contributed by atoms with E-state index in [2.05, 4.69) is 44.5 Å². The minimum absolute atomic E-state index is 0.665. The molecule has 2 nitrogen and oxygen atoms in total. The lowest BCUT2D eigenvalue weighted by atomic mass is 10.2. The lowest BCUT2D eigenvalue weighted by Gasteiger charge is -2.00. The number of aromatic nitrogens is 1. The van der Waals surface area contributed by atoms with Crippen LogP contribution >= 0.6 is 27.3 Å². The molecule has 0 atom stereocenters. The zero-order valence-electron chi connectivity index (χ0n) is 8.82. The smallest absolute Gasteiger partial charge is 0.0972 e. The molecule has 1 aromatic heterocycles. The van der Waals surface area contributed by atoms with Gasteiger partial charge in [-0.2, -0.15) is 0 Å². The Balaban J connectivity index is 2.11. The molecule has 0 spiro atoms. The van der Waals surface area contributed by atoms with Gasteiger partial charge in [0.2, 0.25) is 0 Å². The first-order valence-corrected chi connectivity index (χ1v) is 6.83. The van der Waals surface area contributed by atoms with Crippen molar-refractivity contribution in [2.45, 2.75) is 12.8 Å². The van der Waals surface area contributed by atoms with Gasteiger partial charge in [0.05, 0.1) is 10.7 Å². The third kappa shape index (κ3) is 2.90. The molecule has 0 aliphatic rings. The van der Waals surface area contributed by atoms with E-state index in [9.17, 15) is 0 Å². The fourth-order valence-corrected chi connectivity index (χ4v) is 2.77. The van der Waals surface area contributed by atoms with Crippen LogP contribution in [0.4, 0.5) is 0 Å². The number of nitrogens with two attached hydrogens (primary N) is 1. The Kier molecular flexibility index (Phi) is 4.09. The van der Waals surface area contributed by atoms with Gasteiger partial charge in [0.15, 0.2) is 0 Å². The van der Waals surface area contributed by atoms with Gasteiger partial charge in [-0.05, 0) is 18.2 Å². The second kappa shape index (κ2) is 5.57. The summed E-state index contributed by atoms with van der Waals surface area (Å²) in [6.45, 7) is 0.665. The highest BCUT2D eigenvalue weighted by Gasteiger charge is 2.04. The molecule has 0 saturated carbocycles. The van der Waals surface area contributed by atoms with Gasteiger partial charge >= 0.3 is 0 Å². The quantitative estimate of drug-likeness (QED) is 0.942. The summed E-state index contributed by atoms with van der Waals surface area (Å²) in [4.78, 5) is 4.55. The average Bonchev–Trinajstić information content (AvgIpc) is 2.70. The summed E-state index contributed by atoms with van der Waals surface area (Å²) in [6.07, 6.45) is 1.75. The van der Waals surface area contributed by atoms with Crippen LogP contribution in [0, 0.1) is 0 Å². The van der Waals surface area contributed by atoms with E-state index in [1.165, 1.54) is 5.56 Å². The van der Waals surface area contributed by atoms with Crippen LogP contribution in [0.1, 0.15) is 16.3 Å². The first-order valence-electron chi connectivity index (χ1n) is 5.16. The maximum Gasteiger partial charge on any atom is 0.0972 e. The minimum atomic E-state index is 0.665. The lowest BCUT2D eigenvalue weighted by molar-refractivity contribution is 0.922. The Morgan fingerprint density at radius 2 is 2.12 bits per heavy atom. The van der Waals surface area contributed by atoms with Crippen LogP contribution in [0.3, 0.4) is 0 Å². The predicted molar refractivity (Wildman–Crippen MR) is 71.8 cm³/mol. The van der Waals surface area contributed by atoms with Crippen LogP contribution in [0.5, 0.6) is 0 Å². The standard InChI is InChI=1S/C12H13BrN2S/c13-11-4-2-1-3-9(11)7-12-15-10(5-6-14)8-16-12/h1-4,8H,5-7,14H2. The summed E-state index contributed by atoms with van der Waals surface area (Å²) in [7, 11) is 0. The topological polar surface area (TPSA) is 38.9 Å². The molecule has 4 heteroatoms. The Bertz CT molecular complexity index is 468. The van der Waals surface area contributed by atoms with E-state index in [0.717, 1.165) is 28.0 Å². The van der Waals surface area contributed by atoms with E-state index < -0.39 is 0 Å². The number of benzene rings is 1. The van der Waals surface area contributed by atoms with E-state index in [4.69, 9.17) is 5.73 Å². The van der Waals surface area contributed by atoms with Gasteiger partial charge in [-0.1, -0.05) is 34.1 Å². The summed E-state index contributed by atoms with van der Waals surface area (Å²) in [5.74, 6) is 0. The van der Waals surface area contributed by atoms with Gasteiger partial charge in [-0.25, -0.2) is 4.98 Å². The summed E-state index contributed by atoms with van der Waals surface area (Å²) in [6, 6.07) is 8.25. The Labute approximate surface area is 108 Å². The maximum absolute atomic E-state index is 5.50. The molecule has 84 valence electrons. The van der Waals surface area contributed by atoms with Gasteiger partial charge in [0, 0.05) is 22.7 Å². The van der Waals surface area contributed by atoms with E-state index in [0.29, 0.717) is 6.54 Å². The fourth-order valence-electron chi connectivity index (χ4n) is 1.50. The summed E-state index contributed by atoms with van der Waals surface area (Å²) in [5.41, 5.74) is 7.88.